The first-order valence-corrected chi connectivity index (χ1v) is 10.7. The van der Waals surface area contributed by atoms with Gasteiger partial charge in [-0.25, -0.2) is 4.98 Å². The Morgan fingerprint density at radius 1 is 1.15 bits per heavy atom. The molecule has 2 heterocycles. The lowest BCUT2D eigenvalue weighted by atomic mass is 10.2. The maximum Gasteiger partial charge on any atom is 0.272 e. The van der Waals surface area contributed by atoms with Crippen molar-refractivity contribution < 1.29 is 4.74 Å². The van der Waals surface area contributed by atoms with Crippen LogP contribution in [0.4, 0.5) is 0 Å². The van der Waals surface area contributed by atoms with Crippen LogP contribution < -0.4 is 10.3 Å². The molecule has 0 aliphatic carbocycles. The summed E-state index contributed by atoms with van der Waals surface area (Å²) in [6.07, 6.45) is 0.843. The average Bonchev–Trinajstić information content (AvgIpc) is 3.18. The standard InChI is InChI=1S/C21H20N2O2S2/c1-14(15-8-4-3-5-9-15)27-21-22-16-12-13-26-19(16)20(24)23(21)17-10-6-7-11-18(17)25-2/h3-11,14H,12-13H2,1-2H3. The van der Waals surface area contributed by atoms with Crippen molar-refractivity contribution in [2.75, 3.05) is 12.9 Å². The number of rotatable bonds is 5. The van der Waals surface area contributed by atoms with Crippen molar-refractivity contribution in [2.45, 2.75) is 28.6 Å². The van der Waals surface area contributed by atoms with Gasteiger partial charge < -0.3 is 4.74 Å². The van der Waals surface area contributed by atoms with Gasteiger partial charge in [-0.15, -0.1) is 11.8 Å². The van der Waals surface area contributed by atoms with Crippen LogP contribution in [0.15, 0.2) is 69.4 Å². The molecule has 1 atom stereocenters. The number of methoxy groups -OCH3 is 1. The smallest absolute Gasteiger partial charge is 0.272 e. The van der Waals surface area contributed by atoms with Gasteiger partial charge in [-0.1, -0.05) is 54.2 Å². The van der Waals surface area contributed by atoms with E-state index in [4.69, 9.17) is 9.72 Å². The summed E-state index contributed by atoms with van der Waals surface area (Å²) < 4.78 is 7.22. The summed E-state index contributed by atoms with van der Waals surface area (Å²) in [7, 11) is 1.62. The fourth-order valence-electron chi connectivity index (χ4n) is 3.15. The highest BCUT2D eigenvalue weighted by Gasteiger charge is 2.25. The molecule has 6 heteroatoms. The molecule has 4 rings (SSSR count). The number of thioether (sulfide) groups is 2. The van der Waals surface area contributed by atoms with Gasteiger partial charge in [-0.2, -0.15) is 0 Å². The summed E-state index contributed by atoms with van der Waals surface area (Å²) in [4.78, 5) is 18.9. The normalized spacial score (nSPS) is 14.0. The summed E-state index contributed by atoms with van der Waals surface area (Å²) in [5, 5.41) is 0.883. The Morgan fingerprint density at radius 2 is 1.89 bits per heavy atom. The van der Waals surface area contributed by atoms with Crippen LogP contribution in [0.25, 0.3) is 5.69 Å². The van der Waals surface area contributed by atoms with Crippen LogP contribution in [0.5, 0.6) is 5.75 Å². The molecule has 138 valence electrons. The molecule has 4 nitrogen and oxygen atoms in total. The summed E-state index contributed by atoms with van der Waals surface area (Å²) in [6.45, 7) is 2.14. The van der Waals surface area contributed by atoms with E-state index in [1.54, 1.807) is 35.2 Å². The van der Waals surface area contributed by atoms with E-state index in [2.05, 4.69) is 19.1 Å². The third-order valence-electron chi connectivity index (χ3n) is 4.54. The topological polar surface area (TPSA) is 44.1 Å². The highest BCUT2D eigenvalue weighted by atomic mass is 32.2. The van der Waals surface area contributed by atoms with Crippen LogP contribution in [-0.2, 0) is 6.42 Å². The summed E-state index contributed by atoms with van der Waals surface area (Å²) >= 11 is 3.20. The van der Waals surface area contributed by atoms with E-state index in [0.29, 0.717) is 10.9 Å². The average molecular weight is 397 g/mol. The third-order valence-corrected chi connectivity index (χ3v) is 6.76. The molecule has 1 aromatic heterocycles. The molecular formula is C21H20N2O2S2. The zero-order valence-corrected chi connectivity index (χ0v) is 16.8. The maximum atomic E-state index is 13.3. The number of ether oxygens (including phenoxy) is 1. The molecule has 0 radical (unpaired) electrons. The Labute approximate surface area is 167 Å². The van der Waals surface area contributed by atoms with E-state index < -0.39 is 0 Å². The van der Waals surface area contributed by atoms with Crippen molar-refractivity contribution in [3.63, 3.8) is 0 Å². The Bertz CT molecular complexity index is 1020. The number of hydrogen-bond acceptors (Lipinski definition) is 5. The van der Waals surface area contributed by atoms with Gasteiger partial charge in [0, 0.05) is 17.4 Å². The van der Waals surface area contributed by atoms with Gasteiger partial charge in [0.15, 0.2) is 5.16 Å². The van der Waals surface area contributed by atoms with Crippen LogP contribution in [-0.4, -0.2) is 22.4 Å². The molecule has 0 bridgehead atoms. The second-order valence-electron chi connectivity index (χ2n) is 6.25. The molecule has 0 N–H and O–H groups in total. The van der Waals surface area contributed by atoms with Gasteiger partial charge in [0.2, 0.25) is 0 Å². The lowest BCUT2D eigenvalue weighted by Gasteiger charge is -2.18. The van der Waals surface area contributed by atoms with Crippen LogP contribution >= 0.6 is 23.5 Å². The minimum atomic E-state index is -0.00485. The fraction of sp³-hybridized carbons (Fsp3) is 0.238. The maximum absolute atomic E-state index is 13.3. The molecule has 0 saturated carbocycles. The monoisotopic (exact) mass is 396 g/mol. The van der Waals surface area contributed by atoms with Gasteiger partial charge in [0.05, 0.1) is 23.4 Å². The number of nitrogens with zero attached hydrogens (tertiary/aromatic N) is 2. The van der Waals surface area contributed by atoms with E-state index in [0.717, 1.165) is 28.5 Å². The number of aromatic nitrogens is 2. The second-order valence-corrected chi connectivity index (χ2v) is 8.66. The van der Waals surface area contributed by atoms with E-state index in [1.165, 1.54) is 5.56 Å². The highest BCUT2D eigenvalue weighted by Crippen LogP contribution is 2.37. The second kappa shape index (κ2) is 7.82. The summed E-state index contributed by atoms with van der Waals surface area (Å²) in [5.74, 6) is 1.57. The quantitative estimate of drug-likeness (QED) is 0.460. The van der Waals surface area contributed by atoms with Crippen molar-refractivity contribution in [2.24, 2.45) is 0 Å². The predicted octanol–water partition coefficient (Wildman–Crippen LogP) is 4.74. The van der Waals surface area contributed by atoms with Crippen LogP contribution in [0, 0.1) is 0 Å². The molecule has 0 saturated heterocycles. The Balaban J connectivity index is 1.86. The SMILES string of the molecule is COc1ccccc1-n1c(SC(C)c2ccccc2)nc2c(c1=O)SCC2. The minimum absolute atomic E-state index is 0.00485. The molecule has 1 aliphatic rings. The Kier molecular flexibility index (Phi) is 5.27. The lowest BCUT2D eigenvalue weighted by Crippen LogP contribution is -2.24. The number of benzene rings is 2. The number of aryl methyl sites for hydroxylation is 1. The van der Waals surface area contributed by atoms with E-state index in [-0.39, 0.29) is 10.8 Å². The zero-order chi connectivity index (χ0) is 18.8. The van der Waals surface area contributed by atoms with Crippen LogP contribution in [0.1, 0.15) is 23.4 Å². The molecule has 3 aromatic rings. The van der Waals surface area contributed by atoms with Gasteiger partial charge in [0.25, 0.3) is 5.56 Å². The number of fused-ring (bicyclic) bond motifs is 1. The first-order valence-electron chi connectivity index (χ1n) is 8.82. The van der Waals surface area contributed by atoms with Gasteiger partial charge in [0.1, 0.15) is 5.75 Å². The van der Waals surface area contributed by atoms with Gasteiger partial charge >= 0.3 is 0 Å². The van der Waals surface area contributed by atoms with Gasteiger partial charge in [-0.05, 0) is 24.6 Å². The summed E-state index contributed by atoms with van der Waals surface area (Å²) in [5.41, 5.74) is 2.85. The molecule has 1 aliphatic heterocycles. The van der Waals surface area contributed by atoms with Gasteiger partial charge in [-0.3, -0.25) is 9.36 Å². The van der Waals surface area contributed by atoms with Crippen molar-refractivity contribution in [1.29, 1.82) is 0 Å². The third kappa shape index (κ3) is 3.51. The van der Waals surface area contributed by atoms with Crippen molar-refractivity contribution in [3.8, 4) is 11.4 Å². The van der Waals surface area contributed by atoms with Crippen LogP contribution in [0.3, 0.4) is 0 Å². The Hall–Kier alpha value is -2.18. The van der Waals surface area contributed by atoms with E-state index in [1.807, 2.05) is 42.5 Å². The molecular weight excluding hydrogens is 376 g/mol. The minimum Gasteiger partial charge on any atom is -0.495 e. The fourth-order valence-corrected chi connectivity index (χ4v) is 5.24. The molecule has 27 heavy (non-hydrogen) atoms. The lowest BCUT2D eigenvalue weighted by molar-refractivity contribution is 0.411. The highest BCUT2D eigenvalue weighted by molar-refractivity contribution is 7.99. The largest absolute Gasteiger partial charge is 0.495 e. The predicted molar refractivity (Wildman–Crippen MR) is 112 cm³/mol. The molecule has 0 spiro atoms. The van der Waals surface area contributed by atoms with E-state index in [9.17, 15) is 4.79 Å². The van der Waals surface area contributed by atoms with Crippen molar-refractivity contribution in [3.05, 3.63) is 76.2 Å². The Morgan fingerprint density at radius 3 is 2.67 bits per heavy atom. The van der Waals surface area contributed by atoms with Crippen molar-refractivity contribution in [1.82, 2.24) is 9.55 Å². The van der Waals surface area contributed by atoms with E-state index >= 15 is 0 Å². The first-order chi connectivity index (χ1) is 13.2. The summed E-state index contributed by atoms with van der Waals surface area (Å²) in [6, 6.07) is 17.9. The molecule has 0 amide bonds. The number of para-hydroxylation sites is 2. The molecule has 2 aromatic carbocycles. The molecule has 1 unspecified atom stereocenters. The number of hydrogen-bond donors (Lipinski definition) is 0. The molecule has 0 fully saturated rings. The van der Waals surface area contributed by atoms with Crippen LogP contribution in [0.2, 0.25) is 0 Å². The van der Waals surface area contributed by atoms with Crippen molar-refractivity contribution >= 4 is 23.5 Å². The first kappa shape index (κ1) is 18.2. The zero-order valence-electron chi connectivity index (χ0n) is 15.2.